The van der Waals surface area contributed by atoms with Crippen molar-refractivity contribution in [1.82, 2.24) is 4.90 Å². The molecule has 0 unspecified atom stereocenters. The van der Waals surface area contributed by atoms with Gasteiger partial charge in [-0.25, -0.2) is 4.99 Å². The van der Waals surface area contributed by atoms with Gasteiger partial charge in [-0.05, 0) is 43.7 Å². The van der Waals surface area contributed by atoms with Gasteiger partial charge in [0.2, 0.25) is 0 Å². The van der Waals surface area contributed by atoms with E-state index in [4.69, 9.17) is 23.2 Å². The van der Waals surface area contributed by atoms with Gasteiger partial charge in [-0.15, -0.1) is 0 Å². The number of hydrogen-bond donors (Lipinski definition) is 1. The molecule has 0 aliphatic rings. The third-order valence-corrected chi connectivity index (χ3v) is 3.96. The van der Waals surface area contributed by atoms with Crippen LogP contribution in [0, 0.1) is 6.92 Å². The van der Waals surface area contributed by atoms with Crippen molar-refractivity contribution in [3.05, 3.63) is 52.0 Å². The molecule has 2 aromatic carbocycles. The summed E-state index contributed by atoms with van der Waals surface area (Å²) in [4.78, 5) is 6.41. The van der Waals surface area contributed by atoms with Crippen LogP contribution in [-0.4, -0.2) is 24.8 Å². The largest absolute Gasteiger partial charge is 0.366 e. The van der Waals surface area contributed by atoms with Gasteiger partial charge < -0.3 is 10.2 Å². The van der Waals surface area contributed by atoms with Crippen molar-refractivity contribution in [3.63, 3.8) is 0 Å². The molecule has 3 nitrogen and oxygen atoms in total. The summed E-state index contributed by atoms with van der Waals surface area (Å²) in [6, 6.07) is 11.4. The number of anilines is 2. The average Bonchev–Trinajstić information content (AvgIpc) is 2.51. The first-order valence-corrected chi connectivity index (χ1v) is 7.83. The van der Waals surface area contributed by atoms with Gasteiger partial charge in [0.15, 0.2) is 0 Å². The van der Waals surface area contributed by atoms with Gasteiger partial charge in [-0.1, -0.05) is 35.3 Å². The number of aryl methyl sites for hydroxylation is 1. The Labute approximate surface area is 141 Å². The molecule has 0 spiro atoms. The van der Waals surface area contributed by atoms with E-state index in [1.54, 1.807) is 6.34 Å². The molecular weight excluding hydrogens is 317 g/mol. The third-order valence-electron chi connectivity index (χ3n) is 3.33. The number of halogens is 2. The van der Waals surface area contributed by atoms with Crippen molar-refractivity contribution in [1.29, 1.82) is 0 Å². The lowest BCUT2D eigenvalue weighted by atomic mass is 10.1. The second-order valence-electron chi connectivity index (χ2n) is 5.04. The topological polar surface area (TPSA) is 27.6 Å². The second-order valence-corrected chi connectivity index (χ2v) is 5.86. The zero-order chi connectivity index (χ0) is 16.1. The van der Waals surface area contributed by atoms with Crippen LogP contribution in [0.4, 0.5) is 17.1 Å². The lowest BCUT2D eigenvalue weighted by Crippen LogP contribution is -2.14. The summed E-state index contributed by atoms with van der Waals surface area (Å²) in [6.45, 7) is 4.97. The quantitative estimate of drug-likeness (QED) is 0.564. The van der Waals surface area contributed by atoms with Crippen LogP contribution < -0.4 is 5.32 Å². The van der Waals surface area contributed by atoms with E-state index < -0.39 is 0 Å². The molecule has 5 heteroatoms. The molecule has 0 amide bonds. The van der Waals surface area contributed by atoms with Crippen LogP contribution in [0.5, 0.6) is 0 Å². The highest BCUT2D eigenvalue weighted by atomic mass is 35.5. The van der Waals surface area contributed by atoms with Crippen molar-refractivity contribution in [3.8, 4) is 0 Å². The first-order valence-electron chi connectivity index (χ1n) is 7.07. The van der Waals surface area contributed by atoms with Crippen LogP contribution >= 0.6 is 23.2 Å². The molecular formula is C17H19Cl2N3. The molecule has 0 saturated heterocycles. The van der Waals surface area contributed by atoms with Crippen LogP contribution in [0.3, 0.4) is 0 Å². The van der Waals surface area contributed by atoms with Crippen molar-refractivity contribution < 1.29 is 0 Å². The van der Waals surface area contributed by atoms with Gasteiger partial charge in [-0.3, -0.25) is 0 Å². The van der Waals surface area contributed by atoms with Crippen LogP contribution in [0.25, 0.3) is 0 Å². The van der Waals surface area contributed by atoms with Gasteiger partial charge in [0.25, 0.3) is 0 Å². The highest BCUT2D eigenvalue weighted by molar-refractivity contribution is 6.34. The normalized spacial score (nSPS) is 11.0. The van der Waals surface area contributed by atoms with E-state index in [1.165, 1.54) is 0 Å². The third kappa shape index (κ3) is 4.15. The second kappa shape index (κ2) is 7.52. The predicted molar refractivity (Wildman–Crippen MR) is 97.4 cm³/mol. The van der Waals surface area contributed by atoms with Crippen LogP contribution in [-0.2, 0) is 0 Å². The van der Waals surface area contributed by atoms with Crippen molar-refractivity contribution in [2.24, 2.45) is 4.99 Å². The van der Waals surface area contributed by atoms with E-state index in [0.717, 1.165) is 29.2 Å². The van der Waals surface area contributed by atoms with E-state index in [9.17, 15) is 0 Å². The van der Waals surface area contributed by atoms with Crippen LogP contribution in [0.2, 0.25) is 10.0 Å². The lowest BCUT2D eigenvalue weighted by Gasteiger charge is -2.13. The summed E-state index contributed by atoms with van der Waals surface area (Å²) < 4.78 is 0. The van der Waals surface area contributed by atoms with E-state index in [2.05, 4.69) is 17.2 Å². The highest BCUT2D eigenvalue weighted by Gasteiger charge is 2.07. The molecule has 0 fully saturated rings. The molecule has 0 heterocycles. The number of nitrogens with zero attached hydrogens (tertiary/aromatic N) is 2. The minimum Gasteiger partial charge on any atom is -0.366 e. The Morgan fingerprint density at radius 3 is 2.55 bits per heavy atom. The van der Waals surface area contributed by atoms with E-state index in [0.29, 0.717) is 10.0 Å². The summed E-state index contributed by atoms with van der Waals surface area (Å²) in [7, 11) is 1.97. The molecule has 0 aromatic heterocycles. The number of aliphatic imine (C=N–C) groups is 1. The summed E-state index contributed by atoms with van der Waals surface area (Å²) in [5.74, 6) is 0. The number of nitrogens with one attached hydrogen (secondary N) is 1. The number of rotatable bonds is 5. The van der Waals surface area contributed by atoms with Gasteiger partial charge in [0.1, 0.15) is 0 Å². The maximum atomic E-state index is 6.33. The molecule has 116 valence electrons. The van der Waals surface area contributed by atoms with E-state index in [1.807, 2.05) is 55.3 Å². The monoisotopic (exact) mass is 335 g/mol. The fraction of sp³-hybridized carbons (Fsp3) is 0.235. The standard InChI is InChI=1S/C17H19Cl2N3/c1-4-22(3)11-20-17-9-12(2)16(10-14(17)19)21-15-8-6-5-7-13(15)18/h5-11,21H,4H2,1-3H3. The number of benzene rings is 2. The molecule has 0 bridgehead atoms. The van der Waals surface area contributed by atoms with Crippen molar-refractivity contribution >= 4 is 46.6 Å². The zero-order valence-corrected chi connectivity index (χ0v) is 14.4. The van der Waals surface area contributed by atoms with E-state index in [-0.39, 0.29) is 0 Å². The molecule has 1 N–H and O–H groups in total. The van der Waals surface area contributed by atoms with Crippen molar-refractivity contribution in [2.45, 2.75) is 13.8 Å². The fourth-order valence-electron chi connectivity index (χ4n) is 1.85. The van der Waals surface area contributed by atoms with Gasteiger partial charge in [0.05, 0.1) is 27.8 Å². The molecule has 0 saturated carbocycles. The van der Waals surface area contributed by atoms with Gasteiger partial charge >= 0.3 is 0 Å². The first-order chi connectivity index (χ1) is 10.5. The summed E-state index contributed by atoms with van der Waals surface area (Å²) in [5, 5.41) is 4.57. The smallest absolute Gasteiger partial charge is 0.0910 e. The zero-order valence-electron chi connectivity index (χ0n) is 12.9. The maximum Gasteiger partial charge on any atom is 0.0910 e. The van der Waals surface area contributed by atoms with Gasteiger partial charge in [-0.2, -0.15) is 0 Å². The Bertz CT molecular complexity index is 684. The van der Waals surface area contributed by atoms with Crippen molar-refractivity contribution in [2.75, 3.05) is 18.9 Å². The number of hydrogen-bond acceptors (Lipinski definition) is 2. The minimum atomic E-state index is 0.598. The van der Waals surface area contributed by atoms with E-state index >= 15 is 0 Å². The molecule has 0 aliphatic heterocycles. The number of para-hydroxylation sites is 1. The molecule has 0 aliphatic carbocycles. The lowest BCUT2D eigenvalue weighted by molar-refractivity contribution is 0.552. The Morgan fingerprint density at radius 1 is 1.14 bits per heavy atom. The van der Waals surface area contributed by atoms with Gasteiger partial charge in [0, 0.05) is 19.3 Å². The summed E-state index contributed by atoms with van der Waals surface area (Å²) in [6.07, 6.45) is 1.78. The highest BCUT2D eigenvalue weighted by Crippen LogP contribution is 2.34. The summed E-state index contributed by atoms with van der Waals surface area (Å²) in [5.41, 5.74) is 3.57. The molecule has 2 rings (SSSR count). The fourth-order valence-corrected chi connectivity index (χ4v) is 2.25. The minimum absolute atomic E-state index is 0.598. The van der Waals surface area contributed by atoms with Crippen LogP contribution in [0.15, 0.2) is 41.4 Å². The first kappa shape index (κ1) is 16.7. The Balaban J connectivity index is 2.27. The van der Waals surface area contributed by atoms with Crippen LogP contribution in [0.1, 0.15) is 12.5 Å². The molecule has 0 radical (unpaired) electrons. The molecule has 22 heavy (non-hydrogen) atoms. The average molecular weight is 336 g/mol. The summed E-state index contributed by atoms with van der Waals surface area (Å²) >= 11 is 12.5. The predicted octanol–water partition coefficient (Wildman–Crippen LogP) is 5.66. The molecule has 0 atom stereocenters. The maximum absolute atomic E-state index is 6.33. The Morgan fingerprint density at radius 2 is 1.86 bits per heavy atom. The Kier molecular flexibility index (Phi) is 5.69. The Hall–Kier alpha value is -1.71. The SMILES string of the molecule is CCN(C)C=Nc1cc(C)c(Nc2ccccc2Cl)cc1Cl. The molecule has 2 aromatic rings.